The molecule has 4 unspecified atom stereocenters. The number of piperidine rings is 2. The monoisotopic (exact) mass is 500 g/mol. The minimum atomic E-state index is -2.41. The van der Waals surface area contributed by atoms with E-state index in [1.165, 1.54) is 21.3 Å². The Labute approximate surface area is 209 Å². The maximum atomic E-state index is 13.9. The lowest BCUT2D eigenvalue weighted by atomic mass is 9.51. The molecule has 4 rings (SSSR count). The van der Waals surface area contributed by atoms with Crippen LogP contribution in [0, 0.1) is 10.8 Å². The number of pyridine rings is 2. The summed E-state index contributed by atoms with van der Waals surface area (Å²) in [6.45, 7) is -0.267. The molecule has 2 aliphatic heterocycles. The number of hydrogen-bond donors (Lipinski definition) is 2. The van der Waals surface area contributed by atoms with Crippen LogP contribution in [0.5, 0.6) is 0 Å². The average molecular weight is 501 g/mol. The second-order valence-electron chi connectivity index (χ2n) is 9.19. The Bertz CT molecular complexity index is 1010. The molecular formula is C25H32N4O7. The highest BCUT2D eigenvalue weighted by Crippen LogP contribution is 2.67. The molecule has 2 aromatic heterocycles. The number of esters is 2. The van der Waals surface area contributed by atoms with Crippen LogP contribution in [0.2, 0.25) is 0 Å². The molecule has 2 N–H and O–H groups in total. The van der Waals surface area contributed by atoms with Gasteiger partial charge in [-0.3, -0.25) is 29.4 Å². The number of carbonyl (C=O) groups is 2. The molecule has 2 saturated heterocycles. The fraction of sp³-hybridized carbons (Fsp3) is 0.520. The van der Waals surface area contributed by atoms with Gasteiger partial charge < -0.3 is 24.4 Å². The van der Waals surface area contributed by atoms with Crippen molar-refractivity contribution in [3.8, 4) is 0 Å². The zero-order valence-electron chi connectivity index (χ0n) is 20.8. The number of aromatic nitrogens is 2. The van der Waals surface area contributed by atoms with Crippen molar-refractivity contribution in [1.29, 1.82) is 0 Å². The predicted octanol–water partition coefficient (Wildman–Crippen LogP) is 0.166. The quantitative estimate of drug-likeness (QED) is 0.398. The fourth-order valence-corrected chi connectivity index (χ4v) is 6.42. The van der Waals surface area contributed by atoms with Crippen molar-refractivity contribution in [3.63, 3.8) is 0 Å². The molecule has 11 nitrogen and oxygen atoms in total. The first kappa shape index (κ1) is 26.1. The molecule has 0 amide bonds. The zero-order valence-corrected chi connectivity index (χ0v) is 20.8. The number of likely N-dealkylation sites (tertiary alicyclic amines) is 2. The number of carbonyl (C=O) groups excluding carboxylic acids is 2. The zero-order chi connectivity index (χ0) is 26.1. The number of fused-ring (bicyclic) bond motifs is 2. The van der Waals surface area contributed by atoms with E-state index in [4.69, 9.17) is 14.2 Å². The summed E-state index contributed by atoms with van der Waals surface area (Å²) in [7, 11) is 5.45. The molecule has 4 heterocycles. The first-order valence-electron chi connectivity index (χ1n) is 11.6. The molecule has 0 radical (unpaired) electrons. The third kappa shape index (κ3) is 3.38. The van der Waals surface area contributed by atoms with E-state index in [-0.39, 0.29) is 26.2 Å². The molecule has 194 valence electrons. The summed E-state index contributed by atoms with van der Waals surface area (Å²) in [4.78, 5) is 40.4. The highest BCUT2D eigenvalue weighted by molar-refractivity contribution is 5.87. The molecule has 11 heteroatoms. The number of methoxy groups -OCH3 is 3. The van der Waals surface area contributed by atoms with Gasteiger partial charge in [-0.25, -0.2) is 0 Å². The van der Waals surface area contributed by atoms with E-state index in [2.05, 4.69) is 9.97 Å². The average Bonchev–Trinajstić information content (AvgIpc) is 2.90. The first-order valence-corrected chi connectivity index (χ1v) is 11.6. The van der Waals surface area contributed by atoms with Crippen LogP contribution in [0.25, 0.3) is 0 Å². The lowest BCUT2D eigenvalue weighted by Crippen LogP contribution is -2.83. The minimum absolute atomic E-state index is 0.0795. The molecule has 2 bridgehead atoms. The van der Waals surface area contributed by atoms with Gasteiger partial charge in [0.25, 0.3) is 0 Å². The lowest BCUT2D eigenvalue weighted by Gasteiger charge is -2.68. The van der Waals surface area contributed by atoms with E-state index in [1.54, 1.807) is 60.7 Å². The van der Waals surface area contributed by atoms with Crippen LogP contribution in [0.1, 0.15) is 23.5 Å². The maximum absolute atomic E-state index is 13.9. The Balaban J connectivity index is 2.16. The number of nitrogens with zero attached hydrogens (tertiary/aromatic N) is 4. The smallest absolute Gasteiger partial charge is 0.320 e. The topological polar surface area (TPSA) is 135 Å². The Morgan fingerprint density at radius 1 is 0.944 bits per heavy atom. The Kier molecular flexibility index (Phi) is 7.13. The molecule has 0 aliphatic carbocycles. The van der Waals surface area contributed by atoms with Gasteiger partial charge in [0.2, 0.25) is 5.79 Å². The summed E-state index contributed by atoms with van der Waals surface area (Å²) in [6.07, 6.45) is 3.18. The number of aliphatic hydroxyl groups excluding tert-OH is 1. The number of rotatable bonds is 7. The molecule has 4 atom stereocenters. The summed E-state index contributed by atoms with van der Waals surface area (Å²) in [6, 6.07) is 8.70. The van der Waals surface area contributed by atoms with E-state index < -0.39 is 40.6 Å². The second kappa shape index (κ2) is 9.83. The summed E-state index contributed by atoms with van der Waals surface area (Å²) < 4.78 is 16.5. The third-order valence-corrected chi connectivity index (χ3v) is 7.65. The van der Waals surface area contributed by atoms with Crippen molar-refractivity contribution in [2.45, 2.75) is 17.9 Å². The number of aliphatic hydroxyl groups is 2. The second-order valence-corrected chi connectivity index (χ2v) is 9.19. The summed E-state index contributed by atoms with van der Waals surface area (Å²) in [5, 5.41) is 22.5. The SMILES string of the molecule is COC(=O)C12CN(CCO)CC(C(=O)OC)(C(c3ccccn3)N(C)C1c1ccccn1)C2(O)OC. The van der Waals surface area contributed by atoms with E-state index in [9.17, 15) is 19.8 Å². The third-order valence-electron chi connectivity index (χ3n) is 7.65. The maximum Gasteiger partial charge on any atom is 0.320 e. The highest BCUT2D eigenvalue weighted by atomic mass is 16.6. The predicted molar refractivity (Wildman–Crippen MR) is 126 cm³/mol. The molecule has 0 aromatic carbocycles. The molecule has 2 aliphatic rings. The molecule has 0 saturated carbocycles. The van der Waals surface area contributed by atoms with Crippen molar-refractivity contribution in [2.24, 2.45) is 10.8 Å². The van der Waals surface area contributed by atoms with Gasteiger partial charge in [0, 0.05) is 39.1 Å². The van der Waals surface area contributed by atoms with Gasteiger partial charge in [-0.2, -0.15) is 0 Å². The highest BCUT2D eigenvalue weighted by Gasteiger charge is 2.83. The van der Waals surface area contributed by atoms with Gasteiger partial charge >= 0.3 is 11.9 Å². The largest absolute Gasteiger partial charge is 0.468 e. The van der Waals surface area contributed by atoms with Gasteiger partial charge in [0.1, 0.15) is 0 Å². The van der Waals surface area contributed by atoms with Gasteiger partial charge in [0.15, 0.2) is 10.8 Å². The van der Waals surface area contributed by atoms with Crippen molar-refractivity contribution < 1.29 is 34.0 Å². The van der Waals surface area contributed by atoms with E-state index >= 15 is 0 Å². The van der Waals surface area contributed by atoms with Crippen molar-refractivity contribution in [1.82, 2.24) is 19.8 Å². The van der Waals surface area contributed by atoms with Crippen molar-refractivity contribution >= 4 is 11.9 Å². The van der Waals surface area contributed by atoms with Gasteiger partial charge in [-0.05, 0) is 31.3 Å². The van der Waals surface area contributed by atoms with E-state index in [0.717, 1.165) is 0 Å². The van der Waals surface area contributed by atoms with Gasteiger partial charge in [0.05, 0.1) is 44.3 Å². The Hall–Kier alpha value is -2.96. The fourth-order valence-electron chi connectivity index (χ4n) is 6.42. The van der Waals surface area contributed by atoms with Gasteiger partial charge in [-0.1, -0.05) is 12.1 Å². The van der Waals surface area contributed by atoms with Gasteiger partial charge in [-0.15, -0.1) is 0 Å². The van der Waals surface area contributed by atoms with Crippen LogP contribution in [0.4, 0.5) is 0 Å². The van der Waals surface area contributed by atoms with Crippen molar-refractivity contribution in [2.75, 3.05) is 54.6 Å². The van der Waals surface area contributed by atoms with Crippen LogP contribution in [0.3, 0.4) is 0 Å². The normalized spacial score (nSPS) is 32.6. The molecule has 2 fully saturated rings. The number of ether oxygens (including phenoxy) is 3. The number of β-amino-alcohol motifs (C(OH)–C–C–N with tert-alkyl or cyclic N) is 1. The Morgan fingerprint density at radius 3 is 1.75 bits per heavy atom. The van der Waals surface area contributed by atoms with E-state index in [1.807, 2.05) is 4.90 Å². The first-order chi connectivity index (χ1) is 17.3. The molecule has 0 spiro atoms. The minimum Gasteiger partial charge on any atom is -0.468 e. The molecule has 2 aromatic rings. The van der Waals surface area contributed by atoms with Crippen LogP contribution in [0.15, 0.2) is 48.8 Å². The summed E-state index contributed by atoms with van der Waals surface area (Å²) in [5.74, 6) is -3.99. The van der Waals surface area contributed by atoms with Crippen LogP contribution >= 0.6 is 0 Å². The number of hydrogen-bond acceptors (Lipinski definition) is 11. The molecular weight excluding hydrogens is 468 g/mol. The lowest BCUT2D eigenvalue weighted by molar-refractivity contribution is -0.383. The summed E-state index contributed by atoms with van der Waals surface area (Å²) >= 11 is 0. The van der Waals surface area contributed by atoms with E-state index in [0.29, 0.717) is 11.4 Å². The van der Waals surface area contributed by atoms with Crippen molar-refractivity contribution in [3.05, 3.63) is 60.2 Å². The Morgan fingerprint density at radius 2 is 1.42 bits per heavy atom. The van der Waals surface area contributed by atoms with Crippen LogP contribution in [-0.4, -0.2) is 102 Å². The van der Waals surface area contributed by atoms with Crippen LogP contribution in [-0.2, 0) is 23.8 Å². The standard InChI is InChI=1S/C25H32N4O7/c1-28-19(17-9-5-7-11-26-17)23(21(31)34-2)15-29(13-14-30)16-24(22(32)35-3,25(23,33)36-4)20(28)18-10-6-8-12-27-18/h5-12,19-20,30,33H,13-16H2,1-4H3. The van der Waals surface area contributed by atoms with Crippen LogP contribution < -0.4 is 0 Å². The summed E-state index contributed by atoms with van der Waals surface area (Å²) in [5.41, 5.74) is -2.81. The molecule has 36 heavy (non-hydrogen) atoms.